The summed E-state index contributed by atoms with van der Waals surface area (Å²) in [6, 6.07) is 13.4. The standard InChI is InChI=1S/C16H14BrClN2O/c1-9-3-2-4-10-7-14(21-16(9)10)15(20-19)12-8-11(18)5-6-13(12)17/h2-8,15,20H,19H2,1H3. The highest BCUT2D eigenvalue weighted by Crippen LogP contribution is 2.34. The first-order chi connectivity index (χ1) is 10.1. The Hall–Kier alpha value is -1.33. The van der Waals surface area contributed by atoms with Crippen molar-refractivity contribution in [1.82, 2.24) is 5.43 Å². The van der Waals surface area contributed by atoms with E-state index in [4.69, 9.17) is 21.9 Å². The Bertz CT molecular complexity index is 800. The van der Waals surface area contributed by atoms with Crippen LogP contribution >= 0.6 is 27.5 Å². The Kier molecular flexibility index (Phi) is 4.04. The summed E-state index contributed by atoms with van der Waals surface area (Å²) in [7, 11) is 0. The monoisotopic (exact) mass is 364 g/mol. The van der Waals surface area contributed by atoms with Gasteiger partial charge in [-0.3, -0.25) is 5.84 Å². The average molecular weight is 366 g/mol. The van der Waals surface area contributed by atoms with Gasteiger partial charge in [0.2, 0.25) is 0 Å². The summed E-state index contributed by atoms with van der Waals surface area (Å²) < 4.78 is 6.92. The number of furan rings is 1. The Morgan fingerprint density at radius 1 is 1.24 bits per heavy atom. The number of hydrogen-bond donors (Lipinski definition) is 2. The topological polar surface area (TPSA) is 51.2 Å². The molecule has 0 aliphatic rings. The molecular formula is C16H14BrClN2O. The Labute approximate surface area is 136 Å². The van der Waals surface area contributed by atoms with E-state index in [1.807, 2.05) is 49.4 Å². The fourth-order valence-electron chi connectivity index (χ4n) is 2.43. The van der Waals surface area contributed by atoms with Gasteiger partial charge in [-0.1, -0.05) is 45.7 Å². The molecule has 3 rings (SSSR count). The minimum absolute atomic E-state index is 0.273. The normalized spacial score (nSPS) is 12.8. The molecule has 0 fully saturated rings. The molecule has 5 heteroatoms. The van der Waals surface area contributed by atoms with Crippen LogP contribution in [0.15, 0.2) is 51.4 Å². The van der Waals surface area contributed by atoms with Crippen molar-refractivity contribution in [3.63, 3.8) is 0 Å². The van der Waals surface area contributed by atoms with Crippen molar-refractivity contribution in [2.45, 2.75) is 13.0 Å². The van der Waals surface area contributed by atoms with E-state index in [0.29, 0.717) is 5.02 Å². The molecule has 0 saturated heterocycles. The highest BCUT2D eigenvalue weighted by Gasteiger charge is 2.20. The number of rotatable bonds is 3. The lowest BCUT2D eigenvalue weighted by molar-refractivity contribution is 0.475. The van der Waals surface area contributed by atoms with Gasteiger partial charge < -0.3 is 4.42 Å². The molecular weight excluding hydrogens is 352 g/mol. The number of benzene rings is 2. The molecule has 3 N–H and O–H groups in total. The van der Waals surface area contributed by atoms with Crippen molar-refractivity contribution in [2.24, 2.45) is 5.84 Å². The lowest BCUT2D eigenvalue weighted by Gasteiger charge is -2.15. The summed E-state index contributed by atoms with van der Waals surface area (Å²) in [5.74, 6) is 6.50. The van der Waals surface area contributed by atoms with Gasteiger partial charge in [0.05, 0.1) is 0 Å². The highest BCUT2D eigenvalue weighted by atomic mass is 79.9. The lowest BCUT2D eigenvalue weighted by atomic mass is 10.0. The minimum atomic E-state index is -0.273. The first kappa shape index (κ1) is 14.6. The first-order valence-corrected chi connectivity index (χ1v) is 7.67. The number of hydrogen-bond acceptors (Lipinski definition) is 3. The number of para-hydroxylation sites is 1. The van der Waals surface area contributed by atoms with Gasteiger partial charge >= 0.3 is 0 Å². The molecule has 1 heterocycles. The van der Waals surface area contributed by atoms with E-state index in [2.05, 4.69) is 21.4 Å². The van der Waals surface area contributed by atoms with Crippen LogP contribution in [0.25, 0.3) is 11.0 Å². The zero-order valence-electron chi connectivity index (χ0n) is 11.4. The minimum Gasteiger partial charge on any atom is -0.459 e. The molecule has 108 valence electrons. The van der Waals surface area contributed by atoms with Crippen LogP contribution in [-0.2, 0) is 0 Å². The largest absolute Gasteiger partial charge is 0.459 e. The van der Waals surface area contributed by atoms with Crippen molar-refractivity contribution in [3.05, 3.63) is 68.8 Å². The number of nitrogens with one attached hydrogen (secondary N) is 1. The van der Waals surface area contributed by atoms with Gasteiger partial charge in [-0.15, -0.1) is 0 Å². The van der Waals surface area contributed by atoms with Crippen molar-refractivity contribution in [2.75, 3.05) is 0 Å². The van der Waals surface area contributed by atoms with E-state index in [-0.39, 0.29) is 6.04 Å². The molecule has 1 atom stereocenters. The summed E-state index contributed by atoms with van der Waals surface area (Å²) >= 11 is 9.62. The SMILES string of the molecule is Cc1cccc2cc(C(NN)c3cc(Cl)ccc3Br)oc12. The Balaban J connectivity index is 2.13. The molecule has 0 bridgehead atoms. The second kappa shape index (κ2) is 5.81. The molecule has 0 amide bonds. The fraction of sp³-hybridized carbons (Fsp3) is 0.125. The third kappa shape index (κ3) is 2.72. The molecule has 0 radical (unpaired) electrons. The van der Waals surface area contributed by atoms with Crippen LogP contribution in [-0.4, -0.2) is 0 Å². The molecule has 3 nitrogen and oxygen atoms in total. The predicted molar refractivity (Wildman–Crippen MR) is 89.3 cm³/mol. The van der Waals surface area contributed by atoms with Gasteiger partial charge in [0.1, 0.15) is 17.4 Å². The average Bonchev–Trinajstić information content (AvgIpc) is 2.89. The van der Waals surface area contributed by atoms with Crippen molar-refractivity contribution < 1.29 is 4.42 Å². The molecule has 21 heavy (non-hydrogen) atoms. The smallest absolute Gasteiger partial charge is 0.137 e. The highest BCUT2D eigenvalue weighted by molar-refractivity contribution is 9.10. The maximum absolute atomic E-state index is 6.09. The fourth-order valence-corrected chi connectivity index (χ4v) is 3.09. The van der Waals surface area contributed by atoms with Gasteiger partial charge in [-0.05, 0) is 42.3 Å². The van der Waals surface area contributed by atoms with Gasteiger partial charge in [0, 0.05) is 14.9 Å². The van der Waals surface area contributed by atoms with Crippen molar-refractivity contribution >= 4 is 38.5 Å². The summed E-state index contributed by atoms with van der Waals surface area (Å²) in [4.78, 5) is 0. The molecule has 0 aliphatic heterocycles. The maximum Gasteiger partial charge on any atom is 0.137 e. The molecule has 1 aromatic heterocycles. The summed E-state index contributed by atoms with van der Waals surface area (Å²) in [5, 5.41) is 1.71. The van der Waals surface area contributed by atoms with E-state index >= 15 is 0 Å². The number of aryl methyl sites for hydroxylation is 1. The quantitative estimate of drug-likeness (QED) is 0.522. The number of nitrogens with two attached hydrogens (primary N) is 1. The summed E-state index contributed by atoms with van der Waals surface area (Å²) in [6.45, 7) is 2.02. The third-order valence-electron chi connectivity index (χ3n) is 3.48. The molecule has 3 aromatic rings. The predicted octanol–water partition coefficient (Wildman–Crippen LogP) is 4.71. The maximum atomic E-state index is 6.09. The second-order valence-electron chi connectivity index (χ2n) is 4.91. The van der Waals surface area contributed by atoms with Gasteiger partial charge in [0.15, 0.2) is 0 Å². The zero-order chi connectivity index (χ0) is 15.0. The summed E-state index contributed by atoms with van der Waals surface area (Å²) in [6.07, 6.45) is 0. The molecule has 2 aromatic carbocycles. The Morgan fingerprint density at radius 2 is 2.05 bits per heavy atom. The van der Waals surface area contributed by atoms with Crippen LogP contribution in [0, 0.1) is 6.92 Å². The molecule has 0 aliphatic carbocycles. The Morgan fingerprint density at radius 3 is 2.76 bits per heavy atom. The zero-order valence-corrected chi connectivity index (χ0v) is 13.7. The number of hydrazine groups is 1. The third-order valence-corrected chi connectivity index (χ3v) is 4.44. The molecule has 0 spiro atoms. The van der Waals surface area contributed by atoms with Crippen LogP contribution in [0.1, 0.15) is 22.9 Å². The van der Waals surface area contributed by atoms with E-state index in [1.54, 1.807) is 0 Å². The van der Waals surface area contributed by atoms with Crippen LogP contribution in [0.2, 0.25) is 5.02 Å². The number of halogens is 2. The first-order valence-electron chi connectivity index (χ1n) is 6.50. The van der Waals surface area contributed by atoms with E-state index in [0.717, 1.165) is 32.3 Å². The van der Waals surface area contributed by atoms with Gasteiger partial charge in [0.25, 0.3) is 0 Å². The second-order valence-corrected chi connectivity index (χ2v) is 6.20. The van der Waals surface area contributed by atoms with Crippen LogP contribution in [0.4, 0.5) is 0 Å². The van der Waals surface area contributed by atoms with Crippen LogP contribution in [0.5, 0.6) is 0 Å². The van der Waals surface area contributed by atoms with Crippen LogP contribution < -0.4 is 11.3 Å². The van der Waals surface area contributed by atoms with E-state index in [9.17, 15) is 0 Å². The van der Waals surface area contributed by atoms with Gasteiger partial charge in [-0.2, -0.15) is 0 Å². The van der Waals surface area contributed by atoms with E-state index in [1.165, 1.54) is 0 Å². The summed E-state index contributed by atoms with van der Waals surface area (Å²) in [5.41, 5.74) is 5.71. The van der Waals surface area contributed by atoms with E-state index < -0.39 is 0 Å². The van der Waals surface area contributed by atoms with Crippen LogP contribution in [0.3, 0.4) is 0 Å². The molecule has 1 unspecified atom stereocenters. The number of fused-ring (bicyclic) bond motifs is 1. The lowest BCUT2D eigenvalue weighted by Crippen LogP contribution is -2.28. The van der Waals surface area contributed by atoms with Crippen molar-refractivity contribution in [1.29, 1.82) is 0 Å². The van der Waals surface area contributed by atoms with Crippen molar-refractivity contribution in [3.8, 4) is 0 Å². The van der Waals surface area contributed by atoms with Gasteiger partial charge in [-0.25, -0.2) is 5.43 Å². The molecule has 0 saturated carbocycles.